The number of rotatable bonds is 7. The second-order valence-corrected chi connectivity index (χ2v) is 9.93. The van der Waals surface area contributed by atoms with E-state index >= 15 is 0 Å². The number of piperazine rings is 1. The number of benzene rings is 1. The van der Waals surface area contributed by atoms with Crippen molar-refractivity contribution in [3.63, 3.8) is 0 Å². The van der Waals surface area contributed by atoms with Crippen molar-refractivity contribution < 1.29 is 29.0 Å². The van der Waals surface area contributed by atoms with Gasteiger partial charge in [-0.25, -0.2) is 14.0 Å². The molecule has 1 aliphatic rings. The lowest BCUT2D eigenvalue weighted by Crippen LogP contribution is -2.60. The van der Waals surface area contributed by atoms with Crippen molar-refractivity contribution in [3.05, 3.63) is 34.6 Å². The van der Waals surface area contributed by atoms with Crippen LogP contribution in [0.4, 0.5) is 14.0 Å². The number of carboxylic acid groups (broad SMARTS) is 1. The summed E-state index contributed by atoms with van der Waals surface area (Å²) in [5.41, 5.74) is 0.0996. The SMILES string of the molecule is CN(C(=O)NCc1cccc(F)c1Cl)C(CO)CCC(=O)N1CCN(C(=O)O)CC1C(C)(C)C. The van der Waals surface area contributed by atoms with Crippen molar-refractivity contribution in [1.29, 1.82) is 0 Å². The smallest absolute Gasteiger partial charge is 0.407 e. The predicted molar refractivity (Wildman–Crippen MR) is 126 cm³/mol. The summed E-state index contributed by atoms with van der Waals surface area (Å²) in [6, 6.07) is 2.94. The van der Waals surface area contributed by atoms with Gasteiger partial charge in [-0.1, -0.05) is 44.5 Å². The first-order chi connectivity index (χ1) is 15.9. The minimum absolute atomic E-state index is 0.0119. The maximum Gasteiger partial charge on any atom is 0.407 e. The Balaban J connectivity index is 1.96. The normalized spacial score (nSPS) is 17.3. The third kappa shape index (κ3) is 6.96. The number of hydrogen-bond acceptors (Lipinski definition) is 4. The lowest BCUT2D eigenvalue weighted by Gasteiger charge is -2.46. The molecule has 0 radical (unpaired) electrons. The summed E-state index contributed by atoms with van der Waals surface area (Å²) in [5, 5.41) is 21.7. The number of urea groups is 1. The van der Waals surface area contributed by atoms with E-state index in [1.807, 2.05) is 20.8 Å². The van der Waals surface area contributed by atoms with Crippen LogP contribution in [0.3, 0.4) is 0 Å². The summed E-state index contributed by atoms with van der Waals surface area (Å²) in [6.07, 6.45) is -0.678. The van der Waals surface area contributed by atoms with Gasteiger partial charge in [0.15, 0.2) is 0 Å². The Bertz CT molecular complexity index is 895. The minimum Gasteiger partial charge on any atom is -0.465 e. The molecule has 2 atom stereocenters. The van der Waals surface area contributed by atoms with Gasteiger partial charge in [0.1, 0.15) is 5.82 Å². The molecule has 0 aliphatic carbocycles. The van der Waals surface area contributed by atoms with E-state index < -0.39 is 24.0 Å². The molecule has 1 aromatic rings. The van der Waals surface area contributed by atoms with Crippen LogP contribution < -0.4 is 5.32 Å². The van der Waals surface area contributed by atoms with Gasteiger partial charge in [0, 0.05) is 39.6 Å². The van der Waals surface area contributed by atoms with E-state index in [2.05, 4.69) is 5.32 Å². The second kappa shape index (κ2) is 11.7. The third-order valence-corrected chi connectivity index (χ3v) is 6.63. The van der Waals surface area contributed by atoms with Crippen LogP contribution in [0.15, 0.2) is 18.2 Å². The zero-order valence-corrected chi connectivity index (χ0v) is 20.8. The van der Waals surface area contributed by atoms with Gasteiger partial charge in [-0.3, -0.25) is 4.79 Å². The number of amides is 4. The van der Waals surface area contributed by atoms with E-state index in [1.54, 1.807) is 11.0 Å². The van der Waals surface area contributed by atoms with Gasteiger partial charge < -0.3 is 30.2 Å². The maximum absolute atomic E-state index is 13.6. The number of aliphatic hydroxyl groups is 1. The van der Waals surface area contributed by atoms with Crippen LogP contribution in [0.25, 0.3) is 0 Å². The molecule has 1 aliphatic heterocycles. The fourth-order valence-corrected chi connectivity index (χ4v) is 4.18. The maximum atomic E-state index is 13.6. The van der Waals surface area contributed by atoms with Crippen LogP contribution in [0.1, 0.15) is 39.2 Å². The highest BCUT2D eigenvalue weighted by Gasteiger charge is 2.39. The molecule has 1 fully saturated rings. The van der Waals surface area contributed by atoms with Crippen LogP contribution >= 0.6 is 11.6 Å². The first-order valence-electron chi connectivity index (χ1n) is 11.2. The summed E-state index contributed by atoms with van der Waals surface area (Å²) in [5.74, 6) is -0.727. The van der Waals surface area contributed by atoms with Crippen LogP contribution in [0.2, 0.25) is 5.02 Å². The monoisotopic (exact) mass is 500 g/mol. The Hall–Kier alpha value is -2.59. The lowest BCUT2D eigenvalue weighted by molar-refractivity contribution is -0.139. The topological polar surface area (TPSA) is 113 Å². The van der Waals surface area contributed by atoms with Crippen molar-refractivity contribution in [1.82, 2.24) is 20.0 Å². The van der Waals surface area contributed by atoms with Crippen LogP contribution in [0, 0.1) is 11.2 Å². The van der Waals surface area contributed by atoms with E-state index in [1.165, 1.54) is 29.0 Å². The molecule has 0 aromatic heterocycles. The third-order valence-electron chi connectivity index (χ3n) is 6.20. The Morgan fingerprint density at radius 3 is 2.56 bits per heavy atom. The van der Waals surface area contributed by atoms with Crippen LogP contribution in [-0.4, -0.2) is 88.3 Å². The van der Waals surface area contributed by atoms with Gasteiger partial charge in [-0.2, -0.15) is 0 Å². The van der Waals surface area contributed by atoms with Crippen molar-refractivity contribution in [2.45, 2.75) is 52.2 Å². The number of carbonyl (C=O) groups excluding carboxylic acids is 2. The lowest BCUT2D eigenvalue weighted by atomic mass is 9.84. The molecule has 34 heavy (non-hydrogen) atoms. The first-order valence-corrected chi connectivity index (χ1v) is 11.6. The number of likely N-dealkylation sites (N-methyl/N-ethyl adjacent to an activating group) is 1. The molecule has 11 heteroatoms. The van der Waals surface area contributed by atoms with Crippen molar-refractivity contribution in [3.8, 4) is 0 Å². The molecular weight excluding hydrogens is 467 g/mol. The number of nitrogens with one attached hydrogen (secondary N) is 1. The second-order valence-electron chi connectivity index (χ2n) is 9.56. The molecule has 0 spiro atoms. The fraction of sp³-hybridized carbons (Fsp3) is 0.609. The van der Waals surface area contributed by atoms with Crippen LogP contribution in [-0.2, 0) is 11.3 Å². The number of hydrogen-bond donors (Lipinski definition) is 3. The number of aliphatic hydroxyl groups excluding tert-OH is 1. The van der Waals surface area contributed by atoms with Gasteiger partial charge >= 0.3 is 12.1 Å². The molecule has 190 valence electrons. The molecular formula is C23H34ClFN4O5. The summed E-state index contributed by atoms with van der Waals surface area (Å²) in [6.45, 7) is 6.32. The Kier molecular flexibility index (Phi) is 9.52. The van der Waals surface area contributed by atoms with Gasteiger partial charge in [0.25, 0.3) is 0 Å². The summed E-state index contributed by atoms with van der Waals surface area (Å²) >= 11 is 5.92. The minimum atomic E-state index is -1.01. The van der Waals surface area contributed by atoms with E-state index in [9.17, 15) is 29.0 Å². The standard InChI is InChI=1S/C23H34ClFN4O5/c1-23(2,3)18-13-28(22(33)34)10-11-29(18)19(31)9-8-16(14-30)27(4)21(32)26-12-15-6-5-7-17(25)20(15)24/h5-7,16,18,30H,8-14H2,1-4H3,(H,26,32)(H,33,34). The van der Waals surface area contributed by atoms with Crippen molar-refractivity contribution in [2.75, 3.05) is 33.3 Å². The quantitative estimate of drug-likeness (QED) is 0.532. The summed E-state index contributed by atoms with van der Waals surface area (Å²) in [4.78, 5) is 41.3. The summed E-state index contributed by atoms with van der Waals surface area (Å²) in [7, 11) is 1.51. The first kappa shape index (κ1) is 27.7. The Morgan fingerprint density at radius 1 is 1.29 bits per heavy atom. The van der Waals surface area contributed by atoms with E-state index in [0.29, 0.717) is 12.1 Å². The highest BCUT2D eigenvalue weighted by Crippen LogP contribution is 2.29. The van der Waals surface area contributed by atoms with Gasteiger partial charge in [-0.05, 0) is 23.5 Å². The predicted octanol–water partition coefficient (Wildman–Crippen LogP) is 3.00. The molecule has 2 rings (SSSR count). The molecule has 9 nitrogen and oxygen atoms in total. The molecule has 2 unspecified atom stereocenters. The van der Waals surface area contributed by atoms with Crippen molar-refractivity contribution in [2.24, 2.45) is 5.41 Å². The number of halogens is 2. The largest absolute Gasteiger partial charge is 0.465 e. The molecule has 1 aromatic carbocycles. The average molecular weight is 501 g/mol. The highest BCUT2D eigenvalue weighted by molar-refractivity contribution is 6.31. The average Bonchev–Trinajstić information content (AvgIpc) is 2.78. The molecule has 0 bridgehead atoms. The van der Waals surface area contributed by atoms with Crippen LogP contribution in [0.5, 0.6) is 0 Å². The van der Waals surface area contributed by atoms with Gasteiger partial charge in [0.2, 0.25) is 5.91 Å². The molecule has 1 heterocycles. The zero-order chi connectivity index (χ0) is 25.6. The highest BCUT2D eigenvalue weighted by atomic mass is 35.5. The zero-order valence-electron chi connectivity index (χ0n) is 20.1. The van der Waals surface area contributed by atoms with E-state index in [4.69, 9.17) is 11.6 Å². The van der Waals surface area contributed by atoms with Gasteiger partial charge in [0.05, 0.1) is 23.7 Å². The van der Waals surface area contributed by atoms with E-state index in [-0.39, 0.29) is 61.5 Å². The molecule has 0 saturated carbocycles. The molecule has 3 N–H and O–H groups in total. The van der Waals surface area contributed by atoms with Crippen molar-refractivity contribution >= 4 is 29.6 Å². The Morgan fingerprint density at radius 2 is 1.97 bits per heavy atom. The number of carbonyl (C=O) groups is 3. The fourth-order valence-electron chi connectivity index (χ4n) is 3.98. The Labute approximate surface area is 204 Å². The summed E-state index contributed by atoms with van der Waals surface area (Å²) < 4.78 is 13.6. The molecule has 1 saturated heterocycles. The molecule has 4 amide bonds. The number of nitrogens with zero attached hydrogens (tertiary/aromatic N) is 3. The van der Waals surface area contributed by atoms with E-state index in [0.717, 1.165) is 0 Å². The van der Waals surface area contributed by atoms with Gasteiger partial charge in [-0.15, -0.1) is 0 Å².